The van der Waals surface area contributed by atoms with Gasteiger partial charge in [-0.3, -0.25) is 0 Å². The van der Waals surface area contributed by atoms with Crippen LogP contribution in [0.25, 0.3) is 0 Å². The summed E-state index contributed by atoms with van der Waals surface area (Å²) < 4.78 is 9.74. The zero-order valence-corrected chi connectivity index (χ0v) is 10.5. The van der Waals surface area contributed by atoms with Crippen molar-refractivity contribution in [3.05, 3.63) is 5.82 Å². The molecule has 0 fully saturated rings. The molecule has 1 amide bonds. The topological polar surface area (TPSA) is 103 Å². The van der Waals surface area contributed by atoms with Gasteiger partial charge in [0.05, 0.1) is 0 Å². The van der Waals surface area contributed by atoms with Crippen molar-refractivity contribution in [3.63, 3.8) is 0 Å². The van der Waals surface area contributed by atoms with E-state index in [1.807, 2.05) is 6.92 Å². The Bertz CT molecular complexity index is 383. The van der Waals surface area contributed by atoms with Crippen molar-refractivity contribution < 1.29 is 14.1 Å². The van der Waals surface area contributed by atoms with Gasteiger partial charge >= 0.3 is 12.1 Å². The molecule has 0 saturated heterocycles. The lowest BCUT2D eigenvalue weighted by molar-refractivity contribution is 0.0508. The molecular weight excluding hydrogens is 224 g/mol. The number of carbonyl (C=O) groups excluding carboxylic acids is 1. The van der Waals surface area contributed by atoms with Gasteiger partial charge in [0, 0.05) is 12.5 Å². The molecule has 0 aliphatic rings. The second kappa shape index (κ2) is 5.03. The highest BCUT2D eigenvalue weighted by molar-refractivity contribution is 5.68. The number of ether oxygens (including phenoxy) is 1. The molecule has 1 aromatic heterocycles. The molecule has 0 bridgehead atoms. The number of anilines is 1. The Morgan fingerprint density at radius 2 is 2.24 bits per heavy atom. The lowest BCUT2D eigenvalue weighted by atomic mass is 10.2. The average molecular weight is 242 g/mol. The van der Waals surface area contributed by atoms with Crippen LogP contribution in [0.3, 0.4) is 0 Å². The van der Waals surface area contributed by atoms with Crippen molar-refractivity contribution in [1.82, 2.24) is 15.5 Å². The number of nitrogens with zero attached hydrogens (tertiary/aromatic N) is 2. The molecule has 1 rings (SSSR count). The molecule has 3 N–H and O–H groups in total. The Labute approximate surface area is 99.7 Å². The summed E-state index contributed by atoms with van der Waals surface area (Å²) >= 11 is 0. The zero-order valence-electron chi connectivity index (χ0n) is 10.5. The minimum Gasteiger partial charge on any atom is -0.444 e. The second-order valence-electron chi connectivity index (χ2n) is 4.80. The molecule has 17 heavy (non-hydrogen) atoms. The van der Waals surface area contributed by atoms with Crippen LogP contribution >= 0.6 is 0 Å². The monoisotopic (exact) mass is 242 g/mol. The highest BCUT2D eigenvalue weighted by Gasteiger charge is 2.18. The molecule has 0 radical (unpaired) electrons. The Balaban J connectivity index is 2.39. The molecule has 0 aliphatic carbocycles. The van der Waals surface area contributed by atoms with Crippen LogP contribution in [0.4, 0.5) is 10.8 Å². The normalized spacial score (nSPS) is 13.2. The molecule has 7 heteroatoms. The number of nitrogen functional groups attached to an aromatic ring is 1. The van der Waals surface area contributed by atoms with Crippen LogP contribution in [0.15, 0.2) is 4.52 Å². The number of amides is 1. The fourth-order valence-electron chi connectivity index (χ4n) is 1.18. The molecule has 1 heterocycles. The number of alkyl carbamates (subject to hydrolysis) is 1. The summed E-state index contributed by atoms with van der Waals surface area (Å²) in [6.45, 7) is 7.22. The fourth-order valence-corrected chi connectivity index (χ4v) is 1.18. The van der Waals surface area contributed by atoms with Crippen molar-refractivity contribution in [2.24, 2.45) is 0 Å². The molecule has 96 valence electrons. The standard InChI is InChI=1S/C10H18N4O3/c1-6(5-7-13-8(11)17-14-7)12-9(15)16-10(2,3)4/h6H,5H2,1-4H3,(H,12,15)(H2,11,13,14). The summed E-state index contributed by atoms with van der Waals surface area (Å²) in [5.41, 5.74) is 4.77. The molecule has 7 nitrogen and oxygen atoms in total. The van der Waals surface area contributed by atoms with E-state index in [1.54, 1.807) is 20.8 Å². The first-order chi connectivity index (χ1) is 7.76. The predicted molar refractivity (Wildman–Crippen MR) is 61.2 cm³/mol. The van der Waals surface area contributed by atoms with E-state index in [0.717, 1.165) is 0 Å². The maximum Gasteiger partial charge on any atom is 0.407 e. The van der Waals surface area contributed by atoms with Gasteiger partial charge in [-0.2, -0.15) is 4.98 Å². The van der Waals surface area contributed by atoms with Gasteiger partial charge in [0.15, 0.2) is 5.82 Å². The summed E-state index contributed by atoms with van der Waals surface area (Å²) in [7, 11) is 0. The van der Waals surface area contributed by atoms with Crippen molar-refractivity contribution in [2.75, 3.05) is 5.73 Å². The average Bonchev–Trinajstić information content (AvgIpc) is 2.46. The Hall–Kier alpha value is -1.79. The number of carbonyl (C=O) groups is 1. The first-order valence-corrected chi connectivity index (χ1v) is 5.34. The molecule has 0 spiro atoms. The molecule has 0 aromatic carbocycles. The Kier molecular flexibility index (Phi) is 3.93. The number of nitrogens with two attached hydrogens (primary N) is 1. The van der Waals surface area contributed by atoms with E-state index in [0.29, 0.717) is 12.2 Å². The first-order valence-electron chi connectivity index (χ1n) is 5.34. The second-order valence-corrected chi connectivity index (χ2v) is 4.80. The third-order valence-electron chi connectivity index (χ3n) is 1.74. The molecular formula is C10H18N4O3. The third-order valence-corrected chi connectivity index (χ3v) is 1.74. The van der Waals surface area contributed by atoms with Crippen LogP contribution in [0.5, 0.6) is 0 Å². The zero-order chi connectivity index (χ0) is 13.1. The minimum atomic E-state index is -0.514. The van der Waals surface area contributed by atoms with Crippen molar-refractivity contribution in [1.29, 1.82) is 0 Å². The Morgan fingerprint density at radius 1 is 1.59 bits per heavy atom. The van der Waals surface area contributed by atoms with E-state index in [2.05, 4.69) is 20.0 Å². The highest BCUT2D eigenvalue weighted by atomic mass is 16.6. The fraction of sp³-hybridized carbons (Fsp3) is 0.700. The predicted octanol–water partition coefficient (Wildman–Crippen LogP) is 1.11. The van der Waals surface area contributed by atoms with Crippen molar-refractivity contribution >= 4 is 12.1 Å². The maximum absolute atomic E-state index is 11.4. The van der Waals surface area contributed by atoms with E-state index in [-0.39, 0.29) is 12.1 Å². The number of hydrogen-bond acceptors (Lipinski definition) is 6. The van der Waals surface area contributed by atoms with Gasteiger partial charge in [0.2, 0.25) is 0 Å². The van der Waals surface area contributed by atoms with Crippen LogP contribution in [-0.2, 0) is 11.2 Å². The summed E-state index contributed by atoms with van der Waals surface area (Å²) in [4.78, 5) is 15.3. The van der Waals surface area contributed by atoms with E-state index in [9.17, 15) is 4.79 Å². The van der Waals surface area contributed by atoms with Crippen molar-refractivity contribution in [3.8, 4) is 0 Å². The van der Waals surface area contributed by atoms with Crippen LogP contribution in [0.1, 0.15) is 33.5 Å². The summed E-state index contributed by atoms with van der Waals surface area (Å²) in [5, 5.41) is 6.30. The number of rotatable bonds is 3. The lowest BCUT2D eigenvalue weighted by Gasteiger charge is -2.21. The maximum atomic E-state index is 11.4. The van der Waals surface area contributed by atoms with Crippen LogP contribution in [0, 0.1) is 0 Å². The molecule has 0 aliphatic heterocycles. The highest BCUT2D eigenvalue weighted by Crippen LogP contribution is 2.07. The smallest absolute Gasteiger partial charge is 0.407 e. The number of hydrogen-bond donors (Lipinski definition) is 2. The molecule has 1 atom stereocenters. The van der Waals surface area contributed by atoms with E-state index >= 15 is 0 Å². The van der Waals surface area contributed by atoms with Gasteiger partial charge in [0.1, 0.15) is 5.60 Å². The number of nitrogens with one attached hydrogen (secondary N) is 1. The summed E-state index contributed by atoms with van der Waals surface area (Å²) in [6, 6.07) is -0.147. The third kappa shape index (κ3) is 5.19. The number of aromatic nitrogens is 2. The van der Waals surface area contributed by atoms with Crippen molar-refractivity contribution in [2.45, 2.75) is 45.8 Å². The van der Waals surface area contributed by atoms with Crippen LogP contribution in [0.2, 0.25) is 0 Å². The molecule has 0 saturated carbocycles. The van der Waals surface area contributed by atoms with E-state index in [4.69, 9.17) is 10.5 Å². The van der Waals surface area contributed by atoms with E-state index < -0.39 is 11.7 Å². The Morgan fingerprint density at radius 3 is 2.71 bits per heavy atom. The van der Waals surface area contributed by atoms with Gasteiger partial charge in [0.25, 0.3) is 0 Å². The van der Waals surface area contributed by atoms with Crippen LogP contribution in [-0.4, -0.2) is 27.9 Å². The van der Waals surface area contributed by atoms with Gasteiger partial charge in [-0.15, -0.1) is 0 Å². The van der Waals surface area contributed by atoms with Gasteiger partial charge < -0.3 is 20.3 Å². The quantitative estimate of drug-likeness (QED) is 0.822. The summed E-state index contributed by atoms with van der Waals surface area (Å²) in [5.74, 6) is 0.450. The van der Waals surface area contributed by atoms with Gasteiger partial charge in [-0.05, 0) is 27.7 Å². The van der Waals surface area contributed by atoms with E-state index in [1.165, 1.54) is 0 Å². The minimum absolute atomic E-state index is 0.0180. The first kappa shape index (κ1) is 13.3. The lowest BCUT2D eigenvalue weighted by Crippen LogP contribution is -2.38. The molecule has 1 aromatic rings. The van der Waals surface area contributed by atoms with Gasteiger partial charge in [-0.1, -0.05) is 5.16 Å². The molecule has 1 unspecified atom stereocenters. The van der Waals surface area contributed by atoms with Gasteiger partial charge in [-0.25, -0.2) is 4.79 Å². The largest absolute Gasteiger partial charge is 0.444 e. The van der Waals surface area contributed by atoms with Crippen LogP contribution < -0.4 is 11.1 Å². The summed E-state index contributed by atoms with van der Waals surface area (Å²) in [6.07, 6.45) is -0.0404. The SMILES string of the molecule is CC(Cc1noc(N)n1)NC(=O)OC(C)(C)C.